The third kappa shape index (κ3) is 3.14. The van der Waals surface area contributed by atoms with Crippen LogP contribution in [0.2, 0.25) is 0 Å². The first-order valence-corrected chi connectivity index (χ1v) is 6.87. The number of carbonyl (C=O) groups excluding carboxylic acids is 2. The molecule has 0 aliphatic carbocycles. The van der Waals surface area contributed by atoms with Crippen molar-refractivity contribution in [1.82, 2.24) is 0 Å². The maximum atomic E-state index is 12.0. The maximum Gasteiger partial charge on any atom is 0.341 e. The number of ether oxygens (including phenoxy) is 1. The highest BCUT2D eigenvalue weighted by molar-refractivity contribution is 6.20. The number of aryl methyl sites for hydroxylation is 1. The zero-order valence-corrected chi connectivity index (χ0v) is 12.6. The molecule has 5 heteroatoms. The second-order valence-corrected chi connectivity index (χ2v) is 4.78. The van der Waals surface area contributed by atoms with E-state index < -0.39 is 11.8 Å². The molecule has 2 aromatic rings. The Hall–Kier alpha value is -2.69. The first-order valence-electron chi connectivity index (χ1n) is 6.87. The molecule has 5 nitrogen and oxygen atoms in total. The van der Waals surface area contributed by atoms with Crippen molar-refractivity contribution >= 4 is 28.8 Å². The quantitative estimate of drug-likeness (QED) is 0.375. The molecule has 1 aromatic heterocycles. The van der Waals surface area contributed by atoms with E-state index in [0.717, 1.165) is 0 Å². The lowest BCUT2D eigenvalue weighted by molar-refractivity contribution is -0.139. The smallest absolute Gasteiger partial charge is 0.341 e. The van der Waals surface area contributed by atoms with Crippen molar-refractivity contribution < 1.29 is 18.7 Å². The van der Waals surface area contributed by atoms with Crippen LogP contribution in [0.3, 0.4) is 0 Å². The van der Waals surface area contributed by atoms with Crippen molar-refractivity contribution in [3.05, 3.63) is 51.4 Å². The van der Waals surface area contributed by atoms with Gasteiger partial charge in [0.1, 0.15) is 16.9 Å². The number of carbonyl (C=O) groups is 2. The summed E-state index contributed by atoms with van der Waals surface area (Å²) in [5.41, 5.74) is 0.570. The molecule has 0 aliphatic heterocycles. The summed E-state index contributed by atoms with van der Waals surface area (Å²) >= 11 is 0. The monoisotopic (exact) mass is 300 g/mol. The standard InChI is InChI=1S/C17H16O5/c1-4-21-17(20)14(11(3)18)9-12-6-5-7-13-15(19)8-10(2)22-16(12)13/h5-9H,4H2,1-3H3/b14-9-. The summed E-state index contributed by atoms with van der Waals surface area (Å²) in [7, 11) is 0. The Balaban J connectivity index is 2.68. The molecular formula is C17H16O5. The molecule has 0 unspecified atom stereocenters. The number of hydrogen-bond acceptors (Lipinski definition) is 5. The number of rotatable bonds is 4. The van der Waals surface area contributed by atoms with Crippen LogP contribution in [0.5, 0.6) is 0 Å². The summed E-state index contributed by atoms with van der Waals surface area (Å²) in [6.45, 7) is 4.79. The summed E-state index contributed by atoms with van der Waals surface area (Å²) in [5, 5.41) is 0.395. The SMILES string of the molecule is CCOC(=O)/C(=C\c1cccc2c(=O)cc(C)oc12)C(C)=O. The largest absolute Gasteiger partial charge is 0.462 e. The second-order valence-electron chi connectivity index (χ2n) is 4.78. The maximum absolute atomic E-state index is 12.0. The molecule has 0 saturated heterocycles. The van der Waals surface area contributed by atoms with Gasteiger partial charge in [-0.2, -0.15) is 0 Å². The Labute approximate surface area is 127 Å². The molecule has 1 aromatic carbocycles. The summed E-state index contributed by atoms with van der Waals surface area (Å²) < 4.78 is 10.5. The normalized spacial score (nSPS) is 11.5. The van der Waals surface area contributed by atoms with Crippen LogP contribution in [0, 0.1) is 6.92 Å². The number of Topliss-reactive ketones (excluding diaryl/α,β-unsaturated/α-hetero) is 1. The highest BCUT2D eigenvalue weighted by Gasteiger charge is 2.17. The zero-order chi connectivity index (χ0) is 16.3. The average molecular weight is 300 g/mol. The van der Waals surface area contributed by atoms with Gasteiger partial charge in [-0.15, -0.1) is 0 Å². The Morgan fingerprint density at radius 3 is 2.68 bits per heavy atom. The zero-order valence-electron chi connectivity index (χ0n) is 12.6. The highest BCUT2D eigenvalue weighted by atomic mass is 16.5. The molecule has 0 saturated carbocycles. The van der Waals surface area contributed by atoms with Crippen molar-refractivity contribution in [2.24, 2.45) is 0 Å². The van der Waals surface area contributed by atoms with E-state index in [0.29, 0.717) is 22.3 Å². The van der Waals surface area contributed by atoms with Crippen LogP contribution in [0.25, 0.3) is 17.0 Å². The van der Waals surface area contributed by atoms with Crippen LogP contribution in [0.15, 0.2) is 39.1 Å². The van der Waals surface area contributed by atoms with Gasteiger partial charge in [0, 0.05) is 11.6 Å². The van der Waals surface area contributed by atoms with Gasteiger partial charge in [-0.1, -0.05) is 12.1 Å². The fraction of sp³-hybridized carbons (Fsp3) is 0.235. The highest BCUT2D eigenvalue weighted by Crippen LogP contribution is 2.20. The van der Waals surface area contributed by atoms with Gasteiger partial charge in [-0.3, -0.25) is 9.59 Å². The molecule has 0 radical (unpaired) electrons. The lowest BCUT2D eigenvalue weighted by Crippen LogP contribution is -2.13. The fourth-order valence-corrected chi connectivity index (χ4v) is 2.10. The van der Waals surface area contributed by atoms with Crippen molar-refractivity contribution in [1.29, 1.82) is 0 Å². The van der Waals surface area contributed by atoms with Gasteiger partial charge < -0.3 is 9.15 Å². The molecular weight excluding hydrogens is 284 g/mol. The van der Waals surface area contributed by atoms with E-state index in [1.54, 1.807) is 32.0 Å². The summed E-state index contributed by atoms with van der Waals surface area (Å²) in [6.07, 6.45) is 1.39. The van der Waals surface area contributed by atoms with E-state index in [-0.39, 0.29) is 17.6 Å². The molecule has 0 fully saturated rings. The predicted octanol–water partition coefficient (Wildman–Crippen LogP) is 2.64. The number of esters is 1. The van der Waals surface area contributed by atoms with Crippen LogP contribution < -0.4 is 5.43 Å². The minimum absolute atomic E-state index is 0.0847. The average Bonchev–Trinajstić information content (AvgIpc) is 2.44. The summed E-state index contributed by atoms with van der Waals surface area (Å²) in [6, 6.07) is 6.37. The lowest BCUT2D eigenvalue weighted by atomic mass is 10.1. The minimum atomic E-state index is -0.693. The van der Waals surface area contributed by atoms with Gasteiger partial charge in [0.25, 0.3) is 0 Å². The molecule has 0 aliphatic rings. The third-order valence-electron chi connectivity index (χ3n) is 3.08. The number of para-hydroxylation sites is 1. The van der Waals surface area contributed by atoms with Gasteiger partial charge in [0.2, 0.25) is 0 Å². The first-order chi connectivity index (χ1) is 10.4. The van der Waals surface area contributed by atoms with Crippen molar-refractivity contribution in [3.63, 3.8) is 0 Å². The fourth-order valence-electron chi connectivity index (χ4n) is 2.10. The molecule has 22 heavy (non-hydrogen) atoms. The van der Waals surface area contributed by atoms with E-state index >= 15 is 0 Å². The summed E-state index contributed by atoms with van der Waals surface area (Å²) in [4.78, 5) is 35.5. The van der Waals surface area contributed by atoms with Gasteiger partial charge >= 0.3 is 5.97 Å². The Kier molecular flexibility index (Phi) is 4.56. The second kappa shape index (κ2) is 6.39. The van der Waals surface area contributed by atoms with E-state index in [2.05, 4.69) is 0 Å². The molecule has 0 atom stereocenters. The van der Waals surface area contributed by atoms with Gasteiger partial charge in [-0.05, 0) is 32.9 Å². The van der Waals surface area contributed by atoms with E-state index in [9.17, 15) is 14.4 Å². The van der Waals surface area contributed by atoms with Crippen molar-refractivity contribution in [2.45, 2.75) is 20.8 Å². The molecule has 2 rings (SSSR count). The third-order valence-corrected chi connectivity index (χ3v) is 3.08. The molecule has 0 spiro atoms. The Morgan fingerprint density at radius 2 is 2.05 bits per heavy atom. The first kappa shape index (κ1) is 15.7. The van der Waals surface area contributed by atoms with Crippen LogP contribution in [-0.2, 0) is 14.3 Å². The molecule has 0 amide bonds. The number of fused-ring (bicyclic) bond motifs is 1. The van der Waals surface area contributed by atoms with Crippen molar-refractivity contribution in [3.8, 4) is 0 Å². The van der Waals surface area contributed by atoms with Crippen molar-refractivity contribution in [2.75, 3.05) is 6.61 Å². The summed E-state index contributed by atoms with van der Waals surface area (Å²) in [5.74, 6) is -0.647. The van der Waals surface area contributed by atoms with E-state index in [1.807, 2.05) is 0 Å². The minimum Gasteiger partial charge on any atom is -0.462 e. The molecule has 114 valence electrons. The van der Waals surface area contributed by atoms with Gasteiger partial charge in [-0.25, -0.2) is 4.79 Å². The predicted molar refractivity (Wildman–Crippen MR) is 82.5 cm³/mol. The number of ketones is 1. The van der Waals surface area contributed by atoms with Gasteiger partial charge in [0.05, 0.1) is 12.0 Å². The lowest BCUT2D eigenvalue weighted by Gasteiger charge is -2.06. The Bertz CT molecular complexity index is 827. The number of benzene rings is 1. The van der Waals surface area contributed by atoms with Crippen LogP contribution in [0.4, 0.5) is 0 Å². The van der Waals surface area contributed by atoms with Gasteiger partial charge in [0.15, 0.2) is 11.2 Å². The van der Waals surface area contributed by atoms with Crippen LogP contribution in [-0.4, -0.2) is 18.4 Å². The van der Waals surface area contributed by atoms with E-state index in [1.165, 1.54) is 19.1 Å². The Morgan fingerprint density at radius 1 is 1.32 bits per heavy atom. The number of hydrogen-bond donors (Lipinski definition) is 0. The van der Waals surface area contributed by atoms with Crippen LogP contribution in [0.1, 0.15) is 25.2 Å². The topological polar surface area (TPSA) is 73.6 Å². The molecule has 0 N–H and O–H groups in total. The van der Waals surface area contributed by atoms with Crippen LogP contribution >= 0.6 is 0 Å². The van der Waals surface area contributed by atoms with E-state index in [4.69, 9.17) is 9.15 Å². The molecule has 1 heterocycles. The molecule has 0 bridgehead atoms.